The molecule has 0 aromatic carbocycles. The average molecular weight is 295 g/mol. The van der Waals surface area contributed by atoms with Crippen LogP contribution in [0.2, 0.25) is 0 Å². The zero-order valence-electron chi connectivity index (χ0n) is 10.0. The Balaban J connectivity index is 2.34. The van der Waals surface area contributed by atoms with E-state index in [1.807, 2.05) is 30.1 Å². The highest BCUT2D eigenvalue weighted by Crippen LogP contribution is 2.19. The van der Waals surface area contributed by atoms with E-state index in [0.717, 1.165) is 41.1 Å². The zero-order valence-corrected chi connectivity index (χ0v) is 11.6. The summed E-state index contributed by atoms with van der Waals surface area (Å²) in [4.78, 5) is 8.80. The average Bonchev–Trinajstić information content (AvgIpc) is 2.77. The molecule has 17 heavy (non-hydrogen) atoms. The lowest BCUT2D eigenvalue weighted by Crippen LogP contribution is -1.96. The lowest BCUT2D eigenvalue weighted by Gasteiger charge is -2.01. The standard InChI is InChI=1S/C12H15BrN4/c1-3-5-17-8-9(7-14-17)10-6-11(13)16-12(4-2)15-10/h6-8H,3-5H2,1-2H3. The zero-order chi connectivity index (χ0) is 12.3. The summed E-state index contributed by atoms with van der Waals surface area (Å²) < 4.78 is 2.76. The fourth-order valence-electron chi connectivity index (χ4n) is 1.62. The molecule has 2 aromatic rings. The molecule has 2 aromatic heterocycles. The van der Waals surface area contributed by atoms with Crippen molar-refractivity contribution in [1.29, 1.82) is 0 Å². The third-order valence-corrected chi connectivity index (χ3v) is 2.85. The second-order valence-electron chi connectivity index (χ2n) is 3.84. The van der Waals surface area contributed by atoms with Gasteiger partial charge in [0.15, 0.2) is 0 Å². The molecule has 5 heteroatoms. The van der Waals surface area contributed by atoms with Gasteiger partial charge < -0.3 is 0 Å². The SMILES string of the molecule is CCCn1cc(-c2cc(Br)nc(CC)n2)cn1. The topological polar surface area (TPSA) is 43.6 Å². The van der Waals surface area contributed by atoms with E-state index in [-0.39, 0.29) is 0 Å². The third kappa shape index (κ3) is 2.91. The maximum atomic E-state index is 4.50. The van der Waals surface area contributed by atoms with Crippen LogP contribution in [0.25, 0.3) is 11.3 Å². The van der Waals surface area contributed by atoms with Gasteiger partial charge in [-0.15, -0.1) is 0 Å². The first kappa shape index (κ1) is 12.2. The first-order valence-corrected chi connectivity index (χ1v) is 6.58. The summed E-state index contributed by atoms with van der Waals surface area (Å²) in [6.07, 6.45) is 5.78. The van der Waals surface area contributed by atoms with Crippen molar-refractivity contribution in [2.24, 2.45) is 0 Å². The fraction of sp³-hybridized carbons (Fsp3) is 0.417. The predicted molar refractivity (Wildman–Crippen MR) is 70.6 cm³/mol. The van der Waals surface area contributed by atoms with E-state index >= 15 is 0 Å². The Hall–Kier alpha value is -1.23. The second-order valence-corrected chi connectivity index (χ2v) is 4.65. The predicted octanol–water partition coefficient (Wildman–Crippen LogP) is 3.08. The van der Waals surface area contributed by atoms with Gasteiger partial charge in [-0.25, -0.2) is 9.97 Å². The Morgan fingerprint density at radius 1 is 1.29 bits per heavy atom. The number of nitrogens with zero attached hydrogens (tertiary/aromatic N) is 4. The van der Waals surface area contributed by atoms with Crippen LogP contribution in [0.1, 0.15) is 26.1 Å². The summed E-state index contributed by atoms with van der Waals surface area (Å²) in [5.41, 5.74) is 1.96. The molecule has 0 amide bonds. The van der Waals surface area contributed by atoms with Crippen LogP contribution in [-0.4, -0.2) is 19.7 Å². The number of rotatable bonds is 4. The normalized spacial score (nSPS) is 10.8. The fourth-order valence-corrected chi connectivity index (χ4v) is 2.04. The maximum Gasteiger partial charge on any atom is 0.130 e. The molecular formula is C12H15BrN4. The smallest absolute Gasteiger partial charge is 0.130 e. The van der Waals surface area contributed by atoms with Crippen molar-refractivity contribution >= 4 is 15.9 Å². The molecule has 0 unspecified atom stereocenters. The summed E-state index contributed by atoms with van der Waals surface area (Å²) in [6, 6.07) is 1.92. The Labute approximate surface area is 109 Å². The molecule has 0 saturated carbocycles. The monoisotopic (exact) mass is 294 g/mol. The van der Waals surface area contributed by atoms with Crippen molar-refractivity contribution in [2.45, 2.75) is 33.2 Å². The summed E-state index contributed by atoms with van der Waals surface area (Å²) in [6.45, 7) is 5.12. The minimum Gasteiger partial charge on any atom is -0.272 e. The van der Waals surface area contributed by atoms with Crippen LogP contribution in [0, 0.1) is 0 Å². The Kier molecular flexibility index (Phi) is 3.89. The van der Waals surface area contributed by atoms with Crippen molar-refractivity contribution in [3.05, 3.63) is 28.9 Å². The summed E-state index contributed by atoms with van der Waals surface area (Å²) >= 11 is 3.41. The van der Waals surface area contributed by atoms with Crippen molar-refractivity contribution in [1.82, 2.24) is 19.7 Å². The minimum absolute atomic E-state index is 0.822. The van der Waals surface area contributed by atoms with Crippen LogP contribution in [0.4, 0.5) is 0 Å². The highest BCUT2D eigenvalue weighted by molar-refractivity contribution is 9.10. The van der Waals surface area contributed by atoms with Gasteiger partial charge >= 0.3 is 0 Å². The number of aryl methyl sites for hydroxylation is 2. The lowest BCUT2D eigenvalue weighted by molar-refractivity contribution is 0.603. The van der Waals surface area contributed by atoms with Gasteiger partial charge in [-0.1, -0.05) is 13.8 Å². The molecule has 0 atom stereocenters. The molecular weight excluding hydrogens is 280 g/mol. The highest BCUT2D eigenvalue weighted by Gasteiger charge is 2.06. The molecule has 2 rings (SSSR count). The lowest BCUT2D eigenvalue weighted by atomic mass is 10.2. The van der Waals surface area contributed by atoms with Crippen LogP contribution in [0.5, 0.6) is 0 Å². The van der Waals surface area contributed by atoms with E-state index in [1.165, 1.54) is 0 Å². The number of hydrogen-bond acceptors (Lipinski definition) is 3. The summed E-state index contributed by atoms with van der Waals surface area (Å²) in [5, 5.41) is 4.31. The first-order chi connectivity index (χ1) is 8.22. The molecule has 2 heterocycles. The van der Waals surface area contributed by atoms with Gasteiger partial charge in [0.1, 0.15) is 10.4 Å². The van der Waals surface area contributed by atoms with E-state index < -0.39 is 0 Å². The number of halogens is 1. The summed E-state index contributed by atoms with van der Waals surface area (Å²) in [5.74, 6) is 0.845. The molecule has 0 spiro atoms. The van der Waals surface area contributed by atoms with Crippen LogP contribution in [0.15, 0.2) is 23.1 Å². The van der Waals surface area contributed by atoms with Gasteiger partial charge in [0.05, 0.1) is 11.9 Å². The Bertz CT molecular complexity index is 507. The van der Waals surface area contributed by atoms with E-state index in [0.29, 0.717) is 0 Å². The van der Waals surface area contributed by atoms with Gasteiger partial charge in [0, 0.05) is 24.7 Å². The largest absolute Gasteiger partial charge is 0.272 e. The molecule has 4 nitrogen and oxygen atoms in total. The maximum absolute atomic E-state index is 4.50. The second kappa shape index (κ2) is 5.40. The van der Waals surface area contributed by atoms with E-state index in [4.69, 9.17) is 0 Å². The molecule has 90 valence electrons. The van der Waals surface area contributed by atoms with Crippen molar-refractivity contribution in [2.75, 3.05) is 0 Å². The minimum atomic E-state index is 0.822. The third-order valence-electron chi connectivity index (χ3n) is 2.44. The quantitative estimate of drug-likeness (QED) is 0.814. The molecule has 0 bridgehead atoms. The Morgan fingerprint density at radius 2 is 2.12 bits per heavy atom. The van der Waals surface area contributed by atoms with Crippen molar-refractivity contribution in [3.8, 4) is 11.3 Å². The van der Waals surface area contributed by atoms with Gasteiger partial charge in [-0.05, 0) is 28.4 Å². The van der Waals surface area contributed by atoms with E-state index in [2.05, 4.69) is 37.9 Å². The number of aromatic nitrogens is 4. The van der Waals surface area contributed by atoms with Gasteiger partial charge in [0.2, 0.25) is 0 Å². The van der Waals surface area contributed by atoms with Crippen LogP contribution < -0.4 is 0 Å². The van der Waals surface area contributed by atoms with E-state index in [1.54, 1.807) is 0 Å². The van der Waals surface area contributed by atoms with Crippen molar-refractivity contribution < 1.29 is 0 Å². The highest BCUT2D eigenvalue weighted by atomic mass is 79.9. The molecule has 0 N–H and O–H groups in total. The summed E-state index contributed by atoms with van der Waals surface area (Å²) in [7, 11) is 0. The molecule has 0 aliphatic rings. The molecule has 0 fully saturated rings. The molecule has 0 aliphatic carbocycles. The van der Waals surface area contributed by atoms with Gasteiger partial charge in [-0.2, -0.15) is 5.10 Å². The van der Waals surface area contributed by atoms with Crippen LogP contribution in [-0.2, 0) is 13.0 Å². The van der Waals surface area contributed by atoms with E-state index in [9.17, 15) is 0 Å². The van der Waals surface area contributed by atoms with Gasteiger partial charge in [-0.3, -0.25) is 4.68 Å². The van der Waals surface area contributed by atoms with Crippen LogP contribution in [0.3, 0.4) is 0 Å². The molecule has 0 aliphatic heterocycles. The van der Waals surface area contributed by atoms with Crippen LogP contribution >= 0.6 is 15.9 Å². The Morgan fingerprint density at radius 3 is 2.82 bits per heavy atom. The molecule has 0 radical (unpaired) electrons. The van der Waals surface area contributed by atoms with Gasteiger partial charge in [0.25, 0.3) is 0 Å². The van der Waals surface area contributed by atoms with Crippen molar-refractivity contribution in [3.63, 3.8) is 0 Å². The number of hydrogen-bond donors (Lipinski definition) is 0. The molecule has 0 saturated heterocycles. The first-order valence-electron chi connectivity index (χ1n) is 5.79.